The number of sulfonamides is 1. The molecule has 0 spiro atoms. The molecule has 26 heavy (non-hydrogen) atoms. The van der Waals surface area contributed by atoms with E-state index < -0.39 is 16.0 Å². The molecule has 0 amide bonds. The number of carbonyl (C=O) groups excluding carboxylic acids is 1. The van der Waals surface area contributed by atoms with Crippen molar-refractivity contribution in [3.05, 3.63) is 65.4 Å². The first kappa shape index (κ1) is 17.9. The molecule has 0 fully saturated rings. The fourth-order valence-corrected chi connectivity index (χ4v) is 3.99. The summed E-state index contributed by atoms with van der Waals surface area (Å²) in [5, 5.41) is 0.755. The number of carbonyl (C=O) groups is 1. The Labute approximate surface area is 151 Å². The van der Waals surface area contributed by atoms with E-state index in [-0.39, 0.29) is 4.90 Å². The molecule has 0 aliphatic rings. The van der Waals surface area contributed by atoms with E-state index in [4.69, 9.17) is 0 Å². The molecule has 1 heterocycles. The van der Waals surface area contributed by atoms with Crippen LogP contribution in [-0.2, 0) is 14.8 Å². The fraction of sp³-hybridized carbons (Fsp3) is 0.158. The second kappa shape index (κ2) is 6.76. The summed E-state index contributed by atoms with van der Waals surface area (Å²) in [5.74, 6) is -0.476. The third-order valence-corrected chi connectivity index (χ3v) is 5.39. The zero-order valence-electron chi connectivity index (χ0n) is 14.6. The van der Waals surface area contributed by atoms with Gasteiger partial charge in [-0.3, -0.25) is 9.71 Å². The van der Waals surface area contributed by atoms with E-state index in [1.54, 1.807) is 31.3 Å². The van der Waals surface area contributed by atoms with Crippen molar-refractivity contribution >= 4 is 32.6 Å². The molecule has 1 aromatic heterocycles. The number of methoxy groups -OCH3 is 1. The van der Waals surface area contributed by atoms with Crippen LogP contribution < -0.4 is 4.72 Å². The lowest BCUT2D eigenvalue weighted by Gasteiger charge is -2.13. The lowest BCUT2D eigenvalue weighted by atomic mass is 10.1. The van der Waals surface area contributed by atoms with Crippen molar-refractivity contribution in [2.75, 3.05) is 11.8 Å². The van der Waals surface area contributed by atoms with E-state index in [0.717, 1.165) is 10.9 Å². The Bertz CT molecular complexity index is 1110. The Morgan fingerprint density at radius 2 is 1.88 bits per heavy atom. The SMILES string of the molecule is COC(=O)c1ccc(NS(=O)(=O)c2cccc3cc(C)cnc23)c(C)c1. The standard InChI is InChI=1S/C19H18N2O4S/c1-12-9-14-5-4-6-17(18(14)20-11-12)26(23,24)21-16-8-7-15(10-13(16)2)19(22)25-3/h4-11,21H,1-3H3. The van der Waals surface area contributed by atoms with E-state index in [2.05, 4.69) is 14.4 Å². The topological polar surface area (TPSA) is 85.4 Å². The van der Waals surface area contributed by atoms with Gasteiger partial charge >= 0.3 is 5.97 Å². The van der Waals surface area contributed by atoms with Crippen molar-refractivity contribution in [3.8, 4) is 0 Å². The molecule has 2 aromatic carbocycles. The first-order valence-electron chi connectivity index (χ1n) is 7.89. The number of fused-ring (bicyclic) bond motifs is 1. The maximum Gasteiger partial charge on any atom is 0.337 e. The minimum absolute atomic E-state index is 0.103. The Morgan fingerprint density at radius 3 is 2.58 bits per heavy atom. The van der Waals surface area contributed by atoms with Crippen LogP contribution >= 0.6 is 0 Å². The zero-order chi connectivity index (χ0) is 18.9. The van der Waals surface area contributed by atoms with Gasteiger partial charge in [0.2, 0.25) is 0 Å². The molecule has 7 heteroatoms. The molecule has 0 unspecified atom stereocenters. The average Bonchev–Trinajstić information content (AvgIpc) is 2.61. The molecule has 0 radical (unpaired) electrons. The number of benzene rings is 2. The van der Waals surface area contributed by atoms with Crippen LogP contribution in [-0.4, -0.2) is 26.5 Å². The number of pyridine rings is 1. The molecule has 6 nitrogen and oxygen atoms in total. The van der Waals surface area contributed by atoms with Crippen LogP contribution in [0.25, 0.3) is 10.9 Å². The Balaban J connectivity index is 2.01. The van der Waals surface area contributed by atoms with E-state index >= 15 is 0 Å². The van der Waals surface area contributed by atoms with Gasteiger partial charge in [-0.2, -0.15) is 0 Å². The van der Waals surface area contributed by atoms with Crippen LogP contribution in [0.5, 0.6) is 0 Å². The van der Waals surface area contributed by atoms with Crippen LogP contribution in [0, 0.1) is 13.8 Å². The number of para-hydroxylation sites is 1. The molecule has 3 rings (SSSR count). The largest absolute Gasteiger partial charge is 0.465 e. The molecule has 0 bridgehead atoms. The van der Waals surface area contributed by atoms with E-state index in [9.17, 15) is 13.2 Å². The smallest absolute Gasteiger partial charge is 0.337 e. The van der Waals surface area contributed by atoms with Gasteiger partial charge < -0.3 is 4.74 Å². The third-order valence-electron chi connectivity index (χ3n) is 3.99. The lowest BCUT2D eigenvalue weighted by molar-refractivity contribution is 0.0600. The zero-order valence-corrected chi connectivity index (χ0v) is 15.4. The van der Waals surface area contributed by atoms with E-state index in [1.165, 1.54) is 19.2 Å². The van der Waals surface area contributed by atoms with Crippen molar-refractivity contribution in [1.29, 1.82) is 0 Å². The number of aryl methyl sites for hydroxylation is 2. The van der Waals surface area contributed by atoms with Crippen LogP contribution in [0.4, 0.5) is 5.69 Å². The lowest BCUT2D eigenvalue weighted by Crippen LogP contribution is -2.15. The number of aromatic nitrogens is 1. The quantitative estimate of drug-likeness (QED) is 0.711. The monoisotopic (exact) mass is 370 g/mol. The molecule has 0 aliphatic carbocycles. The molecular formula is C19H18N2O4S. The van der Waals surface area contributed by atoms with Crippen LogP contribution in [0.3, 0.4) is 0 Å². The van der Waals surface area contributed by atoms with Crippen molar-refractivity contribution in [1.82, 2.24) is 4.98 Å². The first-order chi connectivity index (χ1) is 12.3. The van der Waals surface area contributed by atoms with Crippen molar-refractivity contribution < 1.29 is 17.9 Å². The van der Waals surface area contributed by atoms with Gasteiger partial charge in [-0.15, -0.1) is 0 Å². The van der Waals surface area contributed by atoms with Gasteiger partial charge in [-0.1, -0.05) is 12.1 Å². The summed E-state index contributed by atoms with van der Waals surface area (Å²) in [5.41, 5.74) is 2.72. The number of anilines is 1. The maximum atomic E-state index is 12.9. The van der Waals surface area contributed by atoms with Crippen LogP contribution in [0.2, 0.25) is 0 Å². The molecular weight excluding hydrogens is 352 g/mol. The number of hydrogen-bond acceptors (Lipinski definition) is 5. The van der Waals surface area contributed by atoms with Crippen LogP contribution in [0.1, 0.15) is 21.5 Å². The number of rotatable bonds is 4. The molecule has 3 aromatic rings. The number of ether oxygens (including phenoxy) is 1. The molecule has 0 atom stereocenters. The van der Waals surface area contributed by atoms with Gasteiger partial charge in [0.15, 0.2) is 0 Å². The number of esters is 1. The summed E-state index contributed by atoms with van der Waals surface area (Å²) >= 11 is 0. The summed E-state index contributed by atoms with van der Waals surface area (Å²) in [6.07, 6.45) is 1.64. The maximum absolute atomic E-state index is 12.9. The summed E-state index contributed by atoms with van der Waals surface area (Å²) in [4.78, 5) is 16.0. The predicted molar refractivity (Wildman–Crippen MR) is 99.8 cm³/mol. The van der Waals surface area contributed by atoms with Gasteiger partial charge in [0.05, 0.1) is 23.9 Å². The highest BCUT2D eigenvalue weighted by molar-refractivity contribution is 7.93. The molecule has 0 aliphatic heterocycles. The first-order valence-corrected chi connectivity index (χ1v) is 9.37. The van der Waals surface area contributed by atoms with Gasteiger partial charge in [0.25, 0.3) is 10.0 Å². The highest BCUT2D eigenvalue weighted by atomic mass is 32.2. The summed E-state index contributed by atoms with van der Waals surface area (Å²) in [6, 6.07) is 11.6. The van der Waals surface area contributed by atoms with Crippen molar-refractivity contribution in [3.63, 3.8) is 0 Å². The van der Waals surface area contributed by atoms with Crippen molar-refractivity contribution in [2.45, 2.75) is 18.7 Å². The van der Waals surface area contributed by atoms with Gasteiger partial charge in [0.1, 0.15) is 4.90 Å². The average molecular weight is 370 g/mol. The summed E-state index contributed by atoms with van der Waals surface area (Å²) < 4.78 is 33.0. The second-order valence-corrected chi connectivity index (χ2v) is 7.62. The summed E-state index contributed by atoms with van der Waals surface area (Å²) in [6.45, 7) is 3.62. The van der Waals surface area contributed by atoms with E-state index in [0.29, 0.717) is 22.3 Å². The molecule has 0 saturated heterocycles. The van der Waals surface area contributed by atoms with Crippen LogP contribution in [0.15, 0.2) is 53.6 Å². The highest BCUT2D eigenvalue weighted by Crippen LogP contribution is 2.26. The number of nitrogens with one attached hydrogen (secondary N) is 1. The second-order valence-electron chi connectivity index (χ2n) is 5.97. The number of hydrogen-bond donors (Lipinski definition) is 1. The Kier molecular flexibility index (Phi) is 4.65. The Morgan fingerprint density at radius 1 is 1.12 bits per heavy atom. The predicted octanol–water partition coefficient (Wildman–Crippen LogP) is 3.44. The molecule has 0 saturated carbocycles. The fourth-order valence-electron chi connectivity index (χ4n) is 2.68. The minimum atomic E-state index is -3.84. The minimum Gasteiger partial charge on any atom is -0.465 e. The van der Waals surface area contributed by atoms with Gasteiger partial charge in [-0.05, 0) is 55.3 Å². The van der Waals surface area contributed by atoms with Gasteiger partial charge in [-0.25, -0.2) is 13.2 Å². The number of nitrogens with zero attached hydrogens (tertiary/aromatic N) is 1. The highest BCUT2D eigenvalue weighted by Gasteiger charge is 2.20. The third kappa shape index (κ3) is 3.39. The summed E-state index contributed by atoms with van der Waals surface area (Å²) in [7, 11) is -2.55. The molecule has 1 N–H and O–H groups in total. The van der Waals surface area contributed by atoms with E-state index in [1.807, 2.05) is 19.1 Å². The Hall–Kier alpha value is -2.93. The molecule has 134 valence electrons. The van der Waals surface area contributed by atoms with Crippen molar-refractivity contribution in [2.24, 2.45) is 0 Å². The van der Waals surface area contributed by atoms with Gasteiger partial charge in [0, 0.05) is 11.6 Å². The normalized spacial score (nSPS) is 11.3.